The van der Waals surface area contributed by atoms with Crippen LogP contribution in [0.15, 0.2) is 18.2 Å². The van der Waals surface area contributed by atoms with Crippen LogP contribution in [0.3, 0.4) is 0 Å². The van der Waals surface area contributed by atoms with Crippen molar-refractivity contribution in [2.75, 3.05) is 6.61 Å². The molecule has 0 saturated heterocycles. The molecule has 0 fully saturated rings. The molecule has 0 saturated carbocycles. The fourth-order valence-corrected chi connectivity index (χ4v) is 1.70. The third-order valence-electron chi connectivity index (χ3n) is 2.50. The van der Waals surface area contributed by atoms with Crippen molar-refractivity contribution in [3.05, 3.63) is 28.8 Å². The van der Waals surface area contributed by atoms with Gasteiger partial charge in [0.15, 0.2) is 0 Å². The Bertz CT molecular complexity index is 315. The molecule has 1 aromatic carbocycles. The normalized spacial score (nSPS) is 10.4. The van der Waals surface area contributed by atoms with Gasteiger partial charge in [0, 0.05) is 17.1 Å². The minimum atomic E-state index is 0.488. The Balaban J connectivity index is 2.42. The Morgan fingerprint density at radius 3 is 2.75 bits per heavy atom. The number of benzene rings is 1. The van der Waals surface area contributed by atoms with Crippen molar-refractivity contribution >= 4 is 11.6 Å². The fraction of sp³-hybridized carbons (Fsp3) is 0.538. The number of halogens is 1. The maximum atomic E-state index is 5.92. The van der Waals surface area contributed by atoms with E-state index >= 15 is 0 Å². The summed E-state index contributed by atoms with van der Waals surface area (Å²) in [6, 6.07) is 5.60. The third kappa shape index (κ3) is 4.42. The lowest BCUT2D eigenvalue weighted by molar-refractivity contribution is 0.302. The van der Waals surface area contributed by atoms with Crippen LogP contribution in [-0.2, 0) is 6.54 Å². The lowest BCUT2D eigenvalue weighted by Crippen LogP contribution is -2.03. The first-order valence-corrected chi connectivity index (χ1v) is 6.27. The molecule has 0 spiro atoms. The van der Waals surface area contributed by atoms with Crippen LogP contribution < -0.4 is 10.5 Å². The van der Waals surface area contributed by atoms with Crippen LogP contribution in [0.4, 0.5) is 0 Å². The zero-order valence-corrected chi connectivity index (χ0v) is 10.6. The molecule has 0 amide bonds. The van der Waals surface area contributed by atoms with Crippen molar-refractivity contribution in [3.63, 3.8) is 0 Å². The Kier molecular flexibility index (Phi) is 6.27. The summed E-state index contributed by atoms with van der Waals surface area (Å²) >= 11 is 5.92. The second-order valence-corrected chi connectivity index (χ2v) is 4.30. The highest BCUT2D eigenvalue weighted by atomic mass is 35.5. The molecule has 2 N–H and O–H groups in total. The predicted octanol–water partition coefficient (Wildman–Crippen LogP) is 3.76. The van der Waals surface area contributed by atoms with Crippen LogP contribution in [0.1, 0.15) is 38.2 Å². The highest BCUT2D eigenvalue weighted by molar-refractivity contribution is 6.30. The molecule has 3 heteroatoms. The molecule has 0 aliphatic rings. The molecule has 16 heavy (non-hydrogen) atoms. The van der Waals surface area contributed by atoms with Gasteiger partial charge in [-0.1, -0.05) is 43.9 Å². The van der Waals surface area contributed by atoms with Gasteiger partial charge < -0.3 is 10.5 Å². The van der Waals surface area contributed by atoms with Gasteiger partial charge in [-0.05, 0) is 18.6 Å². The molecule has 0 aliphatic heterocycles. The second-order valence-electron chi connectivity index (χ2n) is 3.87. The van der Waals surface area contributed by atoms with Gasteiger partial charge in [-0.2, -0.15) is 0 Å². The molecular formula is C13H20ClNO. The number of hydrogen-bond donors (Lipinski definition) is 1. The summed E-state index contributed by atoms with van der Waals surface area (Å²) in [6.07, 6.45) is 4.81. The average Bonchev–Trinajstić information content (AvgIpc) is 2.29. The standard InChI is InChI=1S/C13H20ClNO/c1-2-3-4-5-8-16-13-9-12(14)7-6-11(13)10-15/h6-7,9H,2-5,8,10,15H2,1H3. The van der Waals surface area contributed by atoms with Gasteiger partial charge in [0.25, 0.3) is 0 Å². The van der Waals surface area contributed by atoms with E-state index in [0.717, 1.165) is 24.3 Å². The van der Waals surface area contributed by atoms with Crippen molar-refractivity contribution in [1.29, 1.82) is 0 Å². The Morgan fingerprint density at radius 2 is 2.06 bits per heavy atom. The minimum absolute atomic E-state index is 0.488. The predicted molar refractivity (Wildman–Crippen MR) is 69.0 cm³/mol. The summed E-state index contributed by atoms with van der Waals surface area (Å²) in [7, 11) is 0. The molecule has 1 rings (SSSR count). The monoisotopic (exact) mass is 241 g/mol. The van der Waals surface area contributed by atoms with E-state index in [1.807, 2.05) is 18.2 Å². The van der Waals surface area contributed by atoms with E-state index in [0.29, 0.717) is 11.6 Å². The molecular weight excluding hydrogens is 222 g/mol. The number of unbranched alkanes of at least 4 members (excludes halogenated alkanes) is 3. The number of nitrogens with two attached hydrogens (primary N) is 1. The lowest BCUT2D eigenvalue weighted by Gasteiger charge is -2.10. The topological polar surface area (TPSA) is 35.2 Å². The summed E-state index contributed by atoms with van der Waals surface area (Å²) in [5.41, 5.74) is 6.64. The van der Waals surface area contributed by atoms with Crippen LogP contribution in [0, 0.1) is 0 Å². The van der Waals surface area contributed by atoms with Gasteiger partial charge in [-0.25, -0.2) is 0 Å². The van der Waals surface area contributed by atoms with E-state index in [-0.39, 0.29) is 0 Å². The van der Waals surface area contributed by atoms with Gasteiger partial charge in [0.1, 0.15) is 5.75 Å². The molecule has 0 unspecified atom stereocenters. The van der Waals surface area contributed by atoms with Crippen molar-refractivity contribution in [3.8, 4) is 5.75 Å². The van der Waals surface area contributed by atoms with Gasteiger partial charge >= 0.3 is 0 Å². The van der Waals surface area contributed by atoms with E-state index in [4.69, 9.17) is 22.1 Å². The average molecular weight is 242 g/mol. The molecule has 0 aliphatic carbocycles. The molecule has 2 nitrogen and oxygen atoms in total. The molecule has 0 heterocycles. The summed E-state index contributed by atoms with van der Waals surface area (Å²) in [6.45, 7) is 3.43. The van der Waals surface area contributed by atoms with E-state index < -0.39 is 0 Å². The van der Waals surface area contributed by atoms with E-state index in [1.165, 1.54) is 19.3 Å². The maximum Gasteiger partial charge on any atom is 0.125 e. The zero-order chi connectivity index (χ0) is 11.8. The fourth-order valence-electron chi connectivity index (χ4n) is 1.54. The van der Waals surface area contributed by atoms with Crippen LogP contribution in [-0.4, -0.2) is 6.61 Å². The smallest absolute Gasteiger partial charge is 0.125 e. The van der Waals surface area contributed by atoms with Gasteiger partial charge in [-0.3, -0.25) is 0 Å². The molecule has 1 aromatic rings. The van der Waals surface area contributed by atoms with E-state index in [9.17, 15) is 0 Å². The first-order chi connectivity index (χ1) is 7.77. The zero-order valence-electron chi connectivity index (χ0n) is 9.84. The van der Waals surface area contributed by atoms with Gasteiger partial charge in [-0.15, -0.1) is 0 Å². The quantitative estimate of drug-likeness (QED) is 0.738. The third-order valence-corrected chi connectivity index (χ3v) is 2.74. The number of ether oxygens (including phenoxy) is 1. The van der Waals surface area contributed by atoms with Crippen LogP contribution in [0.25, 0.3) is 0 Å². The maximum absolute atomic E-state index is 5.92. The molecule has 0 radical (unpaired) electrons. The molecule has 0 atom stereocenters. The number of hydrogen-bond acceptors (Lipinski definition) is 2. The van der Waals surface area contributed by atoms with Crippen LogP contribution >= 0.6 is 11.6 Å². The van der Waals surface area contributed by atoms with Crippen molar-refractivity contribution in [2.45, 2.75) is 39.2 Å². The highest BCUT2D eigenvalue weighted by Crippen LogP contribution is 2.23. The minimum Gasteiger partial charge on any atom is -0.493 e. The van der Waals surface area contributed by atoms with E-state index in [1.54, 1.807) is 0 Å². The lowest BCUT2D eigenvalue weighted by atomic mass is 10.2. The molecule has 0 bridgehead atoms. The largest absolute Gasteiger partial charge is 0.493 e. The first-order valence-electron chi connectivity index (χ1n) is 5.89. The summed E-state index contributed by atoms with van der Waals surface area (Å²) < 4.78 is 5.69. The van der Waals surface area contributed by atoms with Gasteiger partial charge in [0.05, 0.1) is 6.61 Å². The Hall–Kier alpha value is -0.730. The summed E-state index contributed by atoms with van der Waals surface area (Å²) in [5.74, 6) is 0.825. The molecule has 90 valence electrons. The highest BCUT2D eigenvalue weighted by Gasteiger charge is 2.02. The second kappa shape index (κ2) is 7.53. The van der Waals surface area contributed by atoms with Crippen LogP contribution in [0.5, 0.6) is 5.75 Å². The first kappa shape index (κ1) is 13.3. The van der Waals surface area contributed by atoms with Crippen molar-refractivity contribution in [2.24, 2.45) is 5.73 Å². The summed E-state index contributed by atoms with van der Waals surface area (Å²) in [5, 5.41) is 0.695. The van der Waals surface area contributed by atoms with Gasteiger partial charge in [0.2, 0.25) is 0 Å². The van der Waals surface area contributed by atoms with Crippen molar-refractivity contribution in [1.82, 2.24) is 0 Å². The van der Waals surface area contributed by atoms with Crippen LogP contribution in [0.2, 0.25) is 5.02 Å². The SMILES string of the molecule is CCCCCCOc1cc(Cl)ccc1CN. The van der Waals surface area contributed by atoms with E-state index in [2.05, 4.69) is 6.92 Å². The Labute approximate surface area is 103 Å². The summed E-state index contributed by atoms with van der Waals surface area (Å²) in [4.78, 5) is 0. The Morgan fingerprint density at radius 1 is 1.25 bits per heavy atom. The number of rotatable bonds is 7. The van der Waals surface area contributed by atoms with Crippen molar-refractivity contribution < 1.29 is 4.74 Å². The molecule has 0 aromatic heterocycles.